The van der Waals surface area contributed by atoms with Crippen LogP contribution in [0, 0.1) is 23.7 Å². The largest absolute Gasteiger partial charge is 0.392 e. The summed E-state index contributed by atoms with van der Waals surface area (Å²) in [4.78, 5) is 15.3. The van der Waals surface area contributed by atoms with E-state index in [0.717, 1.165) is 6.42 Å². The van der Waals surface area contributed by atoms with Crippen LogP contribution in [-0.4, -0.2) is 51.0 Å². The van der Waals surface area contributed by atoms with E-state index in [4.69, 9.17) is 18.6 Å². The lowest BCUT2D eigenvalue weighted by atomic mass is 9.78. The molecule has 2 rings (SSSR count). The third kappa shape index (κ3) is 6.00. The van der Waals surface area contributed by atoms with Crippen LogP contribution in [0.5, 0.6) is 0 Å². The van der Waals surface area contributed by atoms with Crippen molar-refractivity contribution in [2.45, 2.75) is 124 Å². The van der Waals surface area contributed by atoms with Crippen molar-refractivity contribution in [3.63, 3.8) is 0 Å². The normalized spacial score (nSPS) is 40.2. The van der Waals surface area contributed by atoms with Gasteiger partial charge in [0.15, 0.2) is 26.7 Å². The van der Waals surface area contributed by atoms with Gasteiger partial charge in [0.2, 0.25) is 0 Å². The van der Waals surface area contributed by atoms with Gasteiger partial charge in [-0.05, 0) is 54.8 Å². The number of carbonyl (C=O) groups excluding carboxylic acids is 1. The molecule has 2 fully saturated rings. The lowest BCUT2D eigenvalue weighted by Gasteiger charge is -2.50. The highest BCUT2D eigenvalue weighted by atomic mass is 28.4. The van der Waals surface area contributed by atoms with E-state index in [1.807, 2.05) is 6.92 Å². The van der Waals surface area contributed by atoms with Crippen LogP contribution < -0.4 is 0 Å². The van der Waals surface area contributed by atoms with Crippen molar-refractivity contribution in [3.8, 4) is 0 Å². The first kappa shape index (κ1) is 28.3. The maximum absolute atomic E-state index is 12.2. The summed E-state index contributed by atoms with van der Waals surface area (Å²) in [6.07, 6.45) is -1.48. The fourth-order valence-corrected chi connectivity index (χ4v) is 5.74. The quantitative estimate of drug-likeness (QED) is 0.189. The molecule has 0 amide bonds. The number of Topliss-reactive ketones (excluding diaryl/α,β-unsaturated/α-hetero) is 1. The van der Waals surface area contributed by atoms with Crippen molar-refractivity contribution >= 4 is 14.1 Å². The molecule has 33 heavy (non-hydrogen) atoms. The van der Waals surface area contributed by atoms with E-state index in [1.54, 1.807) is 6.92 Å². The Morgan fingerprint density at radius 3 is 2.12 bits per heavy atom. The second-order valence-corrected chi connectivity index (χ2v) is 16.4. The standard InChI is InChI=1S/C24H45N3O5Si/c1-12-18-21(31-22-15(4)13(2)14(3)20(30-22)17(6)28)16(5)19(26-27-25)23(29-18)32-33(10,11)24(7,8)9/h13-16,18-23H,12H2,1-11H3/t13?,14-,15-,16?,18?,19-,20?,21-,22-,23-/m0/s1. The third-order valence-electron chi connectivity index (χ3n) is 8.35. The van der Waals surface area contributed by atoms with Gasteiger partial charge in [-0.25, -0.2) is 0 Å². The lowest BCUT2D eigenvalue weighted by Crippen LogP contribution is -2.59. The van der Waals surface area contributed by atoms with Gasteiger partial charge in [-0.1, -0.05) is 60.5 Å². The Hall–Kier alpha value is -0.963. The van der Waals surface area contributed by atoms with Gasteiger partial charge >= 0.3 is 0 Å². The molecule has 0 aliphatic carbocycles. The molecular formula is C24H45N3O5Si. The van der Waals surface area contributed by atoms with Crippen molar-refractivity contribution in [2.75, 3.05) is 0 Å². The summed E-state index contributed by atoms with van der Waals surface area (Å²) in [6.45, 7) is 22.8. The molecule has 2 heterocycles. The Bertz CT molecular complexity index is 736. The number of carbonyl (C=O) groups is 1. The minimum atomic E-state index is -2.16. The van der Waals surface area contributed by atoms with E-state index in [9.17, 15) is 10.3 Å². The van der Waals surface area contributed by atoms with Gasteiger partial charge in [-0.15, -0.1) is 0 Å². The number of rotatable bonds is 7. The molecule has 2 aliphatic heterocycles. The lowest BCUT2D eigenvalue weighted by molar-refractivity contribution is -0.304. The third-order valence-corrected chi connectivity index (χ3v) is 12.8. The first-order chi connectivity index (χ1) is 15.2. The van der Waals surface area contributed by atoms with Crippen LogP contribution in [0.2, 0.25) is 18.1 Å². The fraction of sp³-hybridized carbons (Fsp3) is 0.958. The minimum Gasteiger partial charge on any atom is -0.392 e. The highest BCUT2D eigenvalue weighted by molar-refractivity contribution is 6.74. The monoisotopic (exact) mass is 483 g/mol. The predicted octanol–water partition coefficient (Wildman–Crippen LogP) is 6.07. The van der Waals surface area contributed by atoms with Gasteiger partial charge in [0, 0.05) is 10.8 Å². The molecule has 0 aromatic rings. The van der Waals surface area contributed by atoms with Gasteiger partial charge in [-0.3, -0.25) is 4.79 Å². The Morgan fingerprint density at radius 2 is 1.64 bits per heavy atom. The minimum absolute atomic E-state index is 0.00449. The molecule has 0 N–H and O–H groups in total. The second-order valence-electron chi connectivity index (χ2n) is 11.6. The molecule has 9 heteroatoms. The SMILES string of the molecule is CCC1O[C@@H](O[Si](C)(C)C(C)(C)C)[C@@H](N=[N+]=[N-])C(C)[C@@H]1O[C@@H]1OC(C(C)=O)[C@@H](C)C(C)[C@@H]1C. The van der Waals surface area contributed by atoms with Gasteiger partial charge in [0.1, 0.15) is 6.10 Å². The average molecular weight is 484 g/mol. The van der Waals surface area contributed by atoms with Crippen LogP contribution in [0.25, 0.3) is 10.4 Å². The second kappa shape index (κ2) is 10.8. The number of ether oxygens (including phenoxy) is 3. The maximum atomic E-state index is 12.2. The average Bonchev–Trinajstić information content (AvgIpc) is 2.71. The Kier molecular flexibility index (Phi) is 9.21. The van der Waals surface area contributed by atoms with Crippen molar-refractivity contribution in [1.82, 2.24) is 0 Å². The van der Waals surface area contributed by atoms with Gasteiger partial charge in [0.25, 0.3) is 0 Å². The van der Waals surface area contributed by atoms with E-state index in [0.29, 0.717) is 0 Å². The molecule has 2 saturated heterocycles. The zero-order valence-electron chi connectivity index (χ0n) is 22.4. The fourth-order valence-electron chi connectivity index (χ4n) is 4.61. The Balaban J connectivity index is 2.30. The molecule has 0 radical (unpaired) electrons. The highest BCUT2D eigenvalue weighted by Crippen LogP contribution is 2.43. The summed E-state index contributed by atoms with van der Waals surface area (Å²) in [7, 11) is -2.16. The van der Waals surface area contributed by atoms with E-state index in [-0.39, 0.29) is 46.7 Å². The van der Waals surface area contributed by atoms with Gasteiger partial charge < -0.3 is 18.6 Å². The van der Waals surface area contributed by atoms with Crippen LogP contribution in [0.4, 0.5) is 0 Å². The zero-order valence-corrected chi connectivity index (χ0v) is 23.4. The zero-order chi connectivity index (χ0) is 25.3. The van der Waals surface area contributed by atoms with Crippen molar-refractivity contribution in [2.24, 2.45) is 28.8 Å². The van der Waals surface area contributed by atoms with Crippen molar-refractivity contribution in [1.29, 1.82) is 0 Å². The molecule has 0 spiro atoms. The van der Waals surface area contributed by atoms with Gasteiger partial charge in [0.05, 0.1) is 18.2 Å². The van der Waals surface area contributed by atoms with E-state index < -0.39 is 33.0 Å². The summed E-state index contributed by atoms with van der Waals surface area (Å²) >= 11 is 0. The summed E-state index contributed by atoms with van der Waals surface area (Å²) in [5, 5.41) is 4.09. The smallest absolute Gasteiger partial charge is 0.195 e. The Labute approximate surface area is 200 Å². The van der Waals surface area contributed by atoms with Crippen LogP contribution in [-0.2, 0) is 23.4 Å². The molecule has 0 bridgehead atoms. The molecule has 2 aliphatic rings. The Morgan fingerprint density at radius 1 is 1.03 bits per heavy atom. The predicted molar refractivity (Wildman–Crippen MR) is 131 cm³/mol. The van der Waals surface area contributed by atoms with E-state index >= 15 is 0 Å². The molecule has 0 aromatic heterocycles. The van der Waals surface area contributed by atoms with Crippen molar-refractivity contribution in [3.05, 3.63) is 10.4 Å². The summed E-state index contributed by atoms with van der Waals surface area (Å²) < 4.78 is 25.7. The number of ketones is 1. The number of nitrogens with zero attached hydrogens (tertiary/aromatic N) is 3. The molecular weight excluding hydrogens is 438 g/mol. The molecule has 4 unspecified atom stereocenters. The maximum Gasteiger partial charge on any atom is 0.195 e. The summed E-state index contributed by atoms with van der Waals surface area (Å²) in [5.74, 6) is 0.373. The van der Waals surface area contributed by atoms with E-state index in [2.05, 4.69) is 71.6 Å². The highest BCUT2D eigenvalue weighted by Gasteiger charge is 2.50. The van der Waals surface area contributed by atoms with E-state index in [1.165, 1.54) is 0 Å². The number of hydrogen-bond donors (Lipinski definition) is 0. The van der Waals surface area contributed by atoms with Crippen LogP contribution in [0.1, 0.15) is 68.7 Å². The van der Waals surface area contributed by atoms with Crippen LogP contribution in [0.3, 0.4) is 0 Å². The number of azide groups is 1. The van der Waals surface area contributed by atoms with Crippen LogP contribution >= 0.6 is 0 Å². The molecule has 8 nitrogen and oxygen atoms in total. The topological polar surface area (TPSA) is 103 Å². The molecule has 190 valence electrons. The molecule has 0 aromatic carbocycles. The molecule has 10 atom stereocenters. The summed E-state index contributed by atoms with van der Waals surface area (Å²) in [6, 6.07) is -0.518. The number of hydrogen-bond acceptors (Lipinski definition) is 6. The van der Waals surface area contributed by atoms with Crippen LogP contribution in [0.15, 0.2) is 5.11 Å². The van der Waals surface area contributed by atoms with Crippen molar-refractivity contribution < 1.29 is 23.4 Å². The molecule has 0 saturated carbocycles. The first-order valence-electron chi connectivity index (χ1n) is 12.3. The first-order valence-corrected chi connectivity index (χ1v) is 15.3. The van der Waals surface area contributed by atoms with Gasteiger partial charge in [-0.2, -0.15) is 0 Å². The summed E-state index contributed by atoms with van der Waals surface area (Å²) in [5.41, 5.74) is 9.30.